The van der Waals surface area contributed by atoms with Crippen molar-refractivity contribution in [2.45, 2.75) is 20.0 Å². The van der Waals surface area contributed by atoms with Crippen LogP contribution in [0.4, 0.5) is 18.9 Å². The number of esters is 1. The van der Waals surface area contributed by atoms with E-state index in [-0.39, 0.29) is 12.3 Å². The molecular formula is C14H15F3N2O2. The first-order valence-electron chi connectivity index (χ1n) is 6.13. The lowest BCUT2D eigenvalue weighted by Gasteiger charge is -2.18. The molecule has 1 aromatic rings. The summed E-state index contributed by atoms with van der Waals surface area (Å²) in [5, 5.41) is 9.26. The van der Waals surface area contributed by atoms with E-state index in [0.717, 1.165) is 0 Å². The summed E-state index contributed by atoms with van der Waals surface area (Å²) in [6.45, 7) is 3.03. The van der Waals surface area contributed by atoms with E-state index in [1.54, 1.807) is 25.1 Å². The van der Waals surface area contributed by atoms with E-state index in [9.17, 15) is 18.0 Å². The topological polar surface area (TPSA) is 62.2 Å². The van der Waals surface area contributed by atoms with Gasteiger partial charge in [-0.2, -0.15) is 13.2 Å². The van der Waals surface area contributed by atoms with E-state index in [2.05, 4.69) is 10.1 Å². The third-order valence-electron chi connectivity index (χ3n) is 2.60. The minimum atomic E-state index is -4.82. The van der Waals surface area contributed by atoms with Gasteiger partial charge in [0.25, 0.3) is 0 Å². The van der Waals surface area contributed by atoms with Gasteiger partial charge < -0.3 is 15.5 Å². The van der Waals surface area contributed by atoms with Crippen molar-refractivity contribution in [3.05, 3.63) is 41.1 Å². The van der Waals surface area contributed by atoms with Gasteiger partial charge in [-0.3, -0.25) is 0 Å². The summed E-state index contributed by atoms with van der Waals surface area (Å²) >= 11 is 0. The molecule has 114 valence electrons. The van der Waals surface area contributed by atoms with Crippen molar-refractivity contribution < 1.29 is 22.7 Å². The maximum atomic E-state index is 13.1. The highest BCUT2D eigenvalue weighted by molar-refractivity contribution is 6.09. The molecule has 0 saturated heterocycles. The SMILES string of the molecule is CCOC(=O)/C(C=N)=C(/Nc1ccccc1C)C(F)(F)F. The van der Waals surface area contributed by atoms with Crippen LogP contribution < -0.4 is 5.32 Å². The van der Waals surface area contributed by atoms with Gasteiger partial charge in [-0.05, 0) is 25.5 Å². The third kappa shape index (κ3) is 4.34. The fourth-order valence-corrected chi connectivity index (χ4v) is 1.58. The summed E-state index contributed by atoms with van der Waals surface area (Å²) in [7, 11) is 0. The van der Waals surface area contributed by atoms with Crippen LogP contribution >= 0.6 is 0 Å². The number of carbonyl (C=O) groups excluding carboxylic acids is 1. The molecule has 1 aromatic carbocycles. The van der Waals surface area contributed by atoms with Crippen molar-refractivity contribution in [2.24, 2.45) is 0 Å². The first kappa shape index (κ1) is 16.7. The van der Waals surface area contributed by atoms with E-state index >= 15 is 0 Å². The Labute approximate surface area is 120 Å². The summed E-state index contributed by atoms with van der Waals surface area (Å²) in [5.74, 6) is -1.19. The van der Waals surface area contributed by atoms with Crippen LogP contribution in [0.15, 0.2) is 35.5 Å². The number of carbonyl (C=O) groups is 1. The lowest BCUT2D eigenvalue weighted by atomic mass is 10.1. The molecule has 0 atom stereocenters. The maximum Gasteiger partial charge on any atom is 0.432 e. The van der Waals surface area contributed by atoms with E-state index in [4.69, 9.17) is 5.41 Å². The minimum absolute atomic E-state index is 0.0777. The molecule has 0 spiro atoms. The number of benzene rings is 1. The number of hydrogen-bond acceptors (Lipinski definition) is 4. The molecule has 0 radical (unpaired) electrons. The molecule has 0 amide bonds. The number of aryl methyl sites for hydroxylation is 1. The molecule has 0 aromatic heterocycles. The molecular weight excluding hydrogens is 285 g/mol. The van der Waals surface area contributed by atoms with Gasteiger partial charge in [0.1, 0.15) is 11.3 Å². The molecule has 0 unspecified atom stereocenters. The number of para-hydroxylation sites is 1. The Balaban J connectivity index is 3.32. The fourth-order valence-electron chi connectivity index (χ4n) is 1.58. The van der Waals surface area contributed by atoms with Crippen LogP contribution in [0.25, 0.3) is 0 Å². The van der Waals surface area contributed by atoms with Crippen molar-refractivity contribution in [3.8, 4) is 0 Å². The summed E-state index contributed by atoms with van der Waals surface area (Å²) < 4.78 is 44.0. The molecule has 2 N–H and O–H groups in total. The normalized spacial score (nSPS) is 12.4. The second kappa shape index (κ2) is 6.92. The number of alkyl halides is 3. The number of hydrogen-bond donors (Lipinski definition) is 2. The molecule has 4 nitrogen and oxygen atoms in total. The molecule has 0 aliphatic rings. The highest BCUT2D eigenvalue weighted by atomic mass is 19.4. The quantitative estimate of drug-likeness (QED) is 0.497. The first-order valence-corrected chi connectivity index (χ1v) is 6.13. The monoisotopic (exact) mass is 300 g/mol. The number of nitrogens with one attached hydrogen (secondary N) is 2. The van der Waals surface area contributed by atoms with Gasteiger partial charge in [0, 0.05) is 11.9 Å². The van der Waals surface area contributed by atoms with Crippen molar-refractivity contribution in [1.29, 1.82) is 5.41 Å². The minimum Gasteiger partial charge on any atom is -0.462 e. The van der Waals surface area contributed by atoms with Crippen LogP contribution in [-0.4, -0.2) is 25.0 Å². The van der Waals surface area contributed by atoms with Gasteiger partial charge in [0.2, 0.25) is 0 Å². The zero-order valence-corrected chi connectivity index (χ0v) is 11.5. The fraction of sp³-hybridized carbons (Fsp3) is 0.286. The predicted molar refractivity (Wildman–Crippen MR) is 73.3 cm³/mol. The highest BCUT2D eigenvalue weighted by Gasteiger charge is 2.38. The molecule has 0 saturated carbocycles. The van der Waals surface area contributed by atoms with E-state index in [1.807, 2.05) is 0 Å². The molecule has 1 rings (SSSR count). The Morgan fingerprint density at radius 3 is 2.48 bits per heavy atom. The number of ether oxygens (including phenoxy) is 1. The van der Waals surface area contributed by atoms with Crippen molar-refractivity contribution >= 4 is 17.9 Å². The Bertz CT molecular complexity index is 566. The zero-order valence-electron chi connectivity index (χ0n) is 11.5. The van der Waals surface area contributed by atoms with E-state index in [1.165, 1.54) is 13.0 Å². The lowest BCUT2D eigenvalue weighted by Crippen LogP contribution is -2.26. The molecule has 7 heteroatoms. The molecule has 0 aliphatic carbocycles. The average Bonchev–Trinajstić information content (AvgIpc) is 2.40. The molecule has 0 bridgehead atoms. The number of halogens is 3. The second-order valence-electron chi connectivity index (χ2n) is 4.09. The van der Waals surface area contributed by atoms with Crippen molar-refractivity contribution in [1.82, 2.24) is 0 Å². The van der Waals surface area contributed by atoms with Crippen LogP contribution in [-0.2, 0) is 9.53 Å². The smallest absolute Gasteiger partial charge is 0.432 e. The Morgan fingerprint density at radius 1 is 1.38 bits per heavy atom. The number of allylic oxidation sites excluding steroid dienone is 1. The van der Waals surface area contributed by atoms with Crippen molar-refractivity contribution in [3.63, 3.8) is 0 Å². The van der Waals surface area contributed by atoms with E-state index < -0.39 is 23.4 Å². The molecule has 21 heavy (non-hydrogen) atoms. The van der Waals surface area contributed by atoms with E-state index in [0.29, 0.717) is 11.8 Å². The van der Waals surface area contributed by atoms with Gasteiger partial charge in [0.15, 0.2) is 0 Å². The molecule has 0 fully saturated rings. The second-order valence-corrected chi connectivity index (χ2v) is 4.09. The summed E-state index contributed by atoms with van der Waals surface area (Å²) in [4.78, 5) is 11.6. The van der Waals surface area contributed by atoms with Gasteiger partial charge in [-0.1, -0.05) is 18.2 Å². The van der Waals surface area contributed by atoms with Crippen LogP contribution in [0, 0.1) is 12.3 Å². The number of rotatable bonds is 5. The number of anilines is 1. The Morgan fingerprint density at radius 2 is 2.00 bits per heavy atom. The van der Waals surface area contributed by atoms with Crippen molar-refractivity contribution in [2.75, 3.05) is 11.9 Å². The van der Waals surface area contributed by atoms with Gasteiger partial charge in [-0.15, -0.1) is 0 Å². The van der Waals surface area contributed by atoms with Crippen LogP contribution in [0.1, 0.15) is 12.5 Å². The first-order chi connectivity index (χ1) is 9.81. The molecule has 0 heterocycles. The average molecular weight is 300 g/mol. The van der Waals surface area contributed by atoms with Gasteiger partial charge in [0.05, 0.1) is 6.61 Å². The summed E-state index contributed by atoms with van der Waals surface area (Å²) in [6, 6.07) is 6.33. The summed E-state index contributed by atoms with van der Waals surface area (Å²) in [5.41, 5.74) is -1.40. The predicted octanol–water partition coefficient (Wildman–Crippen LogP) is 3.44. The largest absolute Gasteiger partial charge is 0.462 e. The standard InChI is InChI=1S/C14H15F3N2O2/c1-3-21-13(20)10(8-18)12(14(15,16)17)19-11-7-5-4-6-9(11)2/h4-8,18-19H,3H2,1-2H3/b12-10+,18-8?. The van der Waals surface area contributed by atoms with Crippen LogP contribution in [0.2, 0.25) is 0 Å². The summed E-state index contributed by atoms with van der Waals surface area (Å²) in [6.07, 6.45) is -4.48. The van der Waals surface area contributed by atoms with Crippen LogP contribution in [0.3, 0.4) is 0 Å². The van der Waals surface area contributed by atoms with Gasteiger partial charge >= 0.3 is 12.1 Å². The molecule has 0 aliphatic heterocycles. The third-order valence-corrected chi connectivity index (χ3v) is 2.60. The Kier molecular flexibility index (Phi) is 5.52. The highest BCUT2D eigenvalue weighted by Crippen LogP contribution is 2.30. The maximum absolute atomic E-state index is 13.1. The zero-order chi connectivity index (χ0) is 16.0. The van der Waals surface area contributed by atoms with Gasteiger partial charge in [-0.25, -0.2) is 4.79 Å². The Hall–Kier alpha value is -2.31. The van der Waals surface area contributed by atoms with Crippen LogP contribution in [0.5, 0.6) is 0 Å². The lowest BCUT2D eigenvalue weighted by molar-refractivity contribution is -0.139.